The van der Waals surface area contributed by atoms with Gasteiger partial charge in [0.05, 0.1) is 0 Å². The van der Waals surface area contributed by atoms with E-state index in [1.807, 2.05) is 0 Å². The fraction of sp³-hybridized carbons (Fsp3) is 0.571. The molecule has 20 heavy (non-hydrogen) atoms. The van der Waals surface area contributed by atoms with Crippen molar-refractivity contribution in [3.8, 4) is 0 Å². The topological polar surface area (TPSA) is 52.6 Å². The Hall–Kier alpha value is -0.301. The van der Waals surface area contributed by atoms with Gasteiger partial charge >= 0.3 is 132 Å². The van der Waals surface area contributed by atoms with Crippen molar-refractivity contribution in [1.29, 1.82) is 0 Å². The number of allylic oxidation sites excluding steroid dienone is 2. The molecular formula is C14H19BrO4Sn. The number of carbonyl (C=O) groups excluding carboxylic acids is 2. The number of ether oxygens (including phenoxy) is 2. The van der Waals surface area contributed by atoms with Gasteiger partial charge in [-0.15, -0.1) is 0 Å². The van der Waals surface area contributed by atoms with Gasteiger partial charge in [0.15, 0.2) is 0 Å². The van der Waals surface area contributed by atoms with Crippen molar-refractivity contribution in [1.82, 2.24) is 0 Å². The molecule has 0 aromatic carbocycles. The van der Waals surface area contributed by atoms with Gasteiger partial charge in [0.25, 0.3) is 0 Å². The van der Waals surface area contributed by atoms with Gasteiger partial charge in [0.1, 0.15) is 0 Å². The molecule has 2 aliphatic rings. The summed E-state index contributed by atoms with van der Waals surface area (Å²) in [4.78, 5) is 31.1. The second-order valence-electron chi connectivity index (χ2n) is 6.16. The molecule has 0 unspecified atom stereocenters. The van der Waals surface area contributed by atoms with Gasteiger partial charge < -0.3 is 0 Å². The summed E-state index contributed by atoms with van der Waals surface area (Å²) in [6, 6.07) is 0. The van der Waals surface area contributed by atoms with Crippen LogP contribution in [0.1, 0.15) is 6.42 Å². The molecule has 0 saturated heterocycles. The first-order chi connectivity index (χ1) is 9.23. The summed E-state index contributed by atoms with van der Waals surface area (Å²) in [5.74, 6) is -0.817. The number of methoxy groups -OCH3 is 2. The zero-order valence-corrected chi connectivity index (χ0v) is 16.8. The monoisotopic (exact) mass is 450 g/mol. The Morgan fingerprint density at radius 3 is 1.90 bits per heavy atom. The van der Waals surface area contributed by atoms with Crippen LogP contribution in [-0.4, -0.2) is 44.5 Å². The van der Waals surface area contributed by atoms with Gasteiger partial charge in [-0.05, 0) is 0 Å². The predicted molar refractivity (Wildman–Crippen MR) is 82.0 cm³/mol. The van der Waals surface area contributed by atoms with Gasteiger partial charge in [-0.2, -0.15) is 0 Å². The Balaban J connectivity index is 2.55. The Bertz CT molecular complexity index is 542. The van der Waals surface area contributed by atoms with E-state index in [1.165, 1.54) is 17.8 Å². The van der Waals surface area contributed by atoms with Gasteiger partial charge in [-0.25, -0.2) is 0 Å². The molecule has 0 aliphatic heterocycles. The van der Waals surface area contributed by atoms with Crippen molar-refractivity contribution in [3.63, 3.8) is 0 Å². The van der Waals surface area contributed by atoms with Crippen LogP contribution in [0.2, 0.25) is 14.8 Å². The SMILES string of the molecule is COC(=O)C1=C(C(=O)OC)[C@H]2C[C@@H]1C(Br)=[C]2[Sn]([CH3])([CH3])[CH3]. The van der Waals surface area contributed by atoms with E-state index >= 15 is 0 Å². The minimum absolute atomic E-state index is 0.0340. The van der Waals surface area contributed by atoms with E-state index in [0.717, 1.165) is 10.9 Å². The van der Waals surface area contributed by atoms with E-state index in [-0.39, 0.29) is 11.8 Å². The molecule has 0 aromatic heterocycles. The first-order valence-corrected chi connectivity index (χ1v) is 17.3. The summed E-state index contributed by atoms with van der Waals surface area (Å²) >= 11 is 1.32. The van der Waals surface area contributed by atoms with Crippen molar-refractivity contribution in [3.05, 3.63) is 19.2 Å². The molecule has 0 heterocycles. The number of rotatable bonds is 3. The predicted octanol–water partition coefficient (Wildman–Crippen LogP) is 2.81. The number of hydrogen-bond donors (Lipinski definition) is 0. The molecule has 0 radical (unpaired) electrons. The first-order valence-electron chi connectivity index (χ1n) is 6.54. The molecule has 0 N–H and O–H groups in total. The molecule has 0 spiro atoms. The maximum atomic E-state index is 12.1. The van der Waals surface area contributed by atoms with Crippen LogP contribution < -0.4 is 0 Å². The number of hydrogen-bond acceptors (Lipinski definition) is 4. The van der Waals surface area contributed by atoms with Crippen molar-refractivity contribution in [2.24, 2.45) is 11.8 Å². The standard InChI is InChI=1S/C11H10BrO4.3CH3.Sn/c1-15-10(13)8-5-3-6(7(12)4-5)9(8)11(14)16-2;;;;/h5-6H,3H2,1-2H3;3*1H3;/t5-,6+;;;;/m0..../s1. The summed E-state index contributed by atoms with van der Waals surface area (Å²) < 4.78 is 12.2. The summed E-state index contributed by atoms with van der Waals surface area (Å²) in [6.07, 6.45) is 0.791. The van der Waals surface area contributed by atoms with Crippen LogP contribution in [0.5, 0.6) is 0 Å². The molecule has 0 fully saturated rings. The second kappa shape index (κ2) is 5.48. The van der Waals surface area contributed by atoms with Crippen LogP contribution >= 0.6 is 15.9 Å². The van der Waals surface area contributed by atoms with E-state index in [2.05, 4.69) is 30.7 Å². The van der Waals surface area contributed by atoms with E-state index in [4.69, 9.17) is 9.47 Å². The fourth-order valence-corrected chi connectivity index (χ4v) is 14.3. The van der Waals surface area contributed by atoms with Crippen LogP contribution in [0.25, 0.3) is 0 Å². The molecule has 0 amide bonds. The molecule has 0 saturated carbocycles. The molecular weight excluding hydrogens is 431 g/mol. The molecule has 2 bridgehead atoms. The summed E-state index contributed by atoms with van der Waals surface area (Å²) in [7, 11) is 2.70. The third-order valence-corrected chi connectivity index (χ3v) is 12.4. The number of halogens is 1. The van der Waals surface area contributed by atoms with Gasteiger partial charge in [0.2, 0.25) is 0 Å². The van der Waals surface area contributed by atoms with Gasteiger partial charge in [-0.3, -0.25) is 0 Å². The first kappa shape index (κ1) is 16.1. The molecule has 2 aliphatic carbocycles. The summed E-state index contributed by atoms with van der Waals surface area (Å²) in [5.41, 5.74) is 1.00. The third-order valence-electron chi connectivity index (χ3n) is 3.99. The summed E-state index contributed by atoms with van der Waals surface area (Å²) in [5, 5.41) is 0. The molecule has 6 heteroatoms. The van der Waals surface area contributed by atoms with Gasteiger partial charge in [-0.1, -0.05) is 0 Å². The normalized spacial score (nSPS) is 25.3. The Morgan fingerprint density at radius 2 is 1.50 bits per heavy atom. The molecule has 0 aromatic rings. The average molecular weight is 450 g/mol. The Kier molecular flexibility index (Phi) is 4.40. The summed E-state index contributed by atoms with van der Waals surface area (Å²) in [6.45, 7) is 0. The molecule has 2 rings (SSSR count). The van der Waals surface area contributed by atoms with Crippen LogP contribution in [0.4, 0.5) is 0 Å². The van der Waals surface area contributed by atoms with E-state index in [1.54, 1.807) is 0 Å². The zero-order valence-electron chi connectivity index (χ0n) is 12.4. The van der Waals surface area contributed by atoms with Crippen LogP contribution in [0, 0.1) is 11.8 Å². The van der Waals surface area contributed by atoms with Crippen LogP contribution in [-0.2, 0) is 19.1 Å². The fourth-order valence-electron chi connectivity index (χ4n) is 3.30. The zero-order chi connectivity index (χ0) is 15.2. The number of esters is 2. The molecule has 2 atom stereocenters. The van der Waals surface area contributed by atoms with Gasteiger partial charge in [0, 0.05) is 0 Å². The average Bonchev–Trinajstić information content (AvgIpc) is 2.90. The number of fused-ring (bicyclic) bond motifs is 2. The van der Waals surface area contributed by atoms with Crippen LogP contribution in [0.3, 0.4) is 0 Å². The molecule has 110 valence electrons. The Morgan fingerprint density at radius 1 is 1.05 bits per heavy atom. The van der Waals surface area contributed by atoms with Crippen molar-refractivity contribution in [2.45, 2.75) is 21.2 Å². The van der Waals surface area contributed by atoms with Crippen molar-refractivity contribution < 1.29 is 19.1 Å². The van der Waals surface area contributed by atoms with Crippen molar-refractivity contribution >= 4 is 46.2 Å². The Labute approximate surface area is 131 Å². The van der Waals surface area contributed by atoms with Crippen LogP contribution in [0.15, 0.2) is 19.2 Å². The number of carbonyl (C=O) groups is 2. The molecule has 4 nitrogen and oxygen atoms in total. The third kappa shape index (κ3) is 2.36. The van der Waals surface area contributed by atoms with Crippen molar-refractivity contribution in [2.75, 3.05) is 14.2 Å². The quantitative estimate of drug-likeness (QED) is 0.491. The second-order valence-corrected chi connectivity index (χ2v) is 21.4. The van der Waals surface area contributed by atoms with E-state index in [9.17, 15) is 9.59 Å². The van der Waals surface area contributed by atoms with E-state index < -0.39 is 30.3 Å². The minimum atomic E-state index is -2.35. The van der Waals surface area contributed by atoms with E-state index in [0.29, 0.717) is 11.1 Å². The maximum absolute atomic E-state index is 12.1.